The molecule has 0 aliphatic carbocycles. The van der Waals surface area contributed by atoms with Crippen LogP contribution in [0.25, 0.3) is 0 Å². The molecule has 1 N–H and O–H groups in total. The number of anilines is 3. The fourth-order valence-corrected chi connectivity index (χ4v) is 2.75. The minimum absolute atomic E-state index is 0.537. The number of para-hydroxylation sites is 2. The van der Waals surface area contributed by atoms with Crippen LogP contribution in [0.4, 0.5) is 17.5 Å². The smallest absolute Gasteiger partial charge is 0.224 e. The Kier molecular flexibility index (Phi) is 5.91. The van der Waals surface area contributed by atoms with Gasteiger partial charge in [0.05, 0.1) is 12.8 Å². The molecular formula is C22H22N4O. The number of rotatable bonds is 6. The van der Waals surface area contributed by atoms with Crippen LogP contribution in [0.5, 0.6) is 5.75 Å². The van der Waals surface area contributed by atoms with Crippen molar-refractivity contribution in [3.8, 4) is 17.7 Å². The maximum Gasteiger partial charge on any atom is 0.224 e. The van der Waals surface area contributed by atoms with Gasteiger partial charge in [0, 0.05) is 30.4 Å². The van der Waals surface area contributed by atoms with Crippen molar-refractivity contribution in [2.24, 2.45) is 0 Å². The lowest BCUT2D eigenvalue weighted by atomic mass is 10.2. The molecule has 0 saturated carbocycles. The lowest BCUT2D eigenvalue weighted by molar-refractivity contribution is 0.410. The molecule has 2 aromatic carbocycles. The van der Waals surface area contributed by atoms with E-state index in [1.165, 1.54) is 0 Å². The van der Waals surface area contributed by atoms with Crippen molar-refractivity contribution in [2.75, 3.05) is 17.3 Å². The van der Waals surface area contributed by atoms with Gasteiger partial charge < -0.3 is 10.1 Å². The average molecular weight is 358 g/mol. The van der Waals surface area contributed by atoms with Gasteiger partial charge in [0.2, 0.25) is 5.95 Å². The third-order valence-electron chi connectivity index (χ3n) is 4.08. The van der Waals surface area contributed by atoms with Gasteiger partial charge in [0.1, 0.15) is 11.6 Å². The summed E-state index contributed by atoms with van der Waals surface area (Å²) in [5, 5.41) is 3.26. The van der Waals surface area contributed by atoms with Gasteiger partial charge in [0.15, 0.2) is 0 Å². The van der Waals surface area contributed by atoms with Crippen LogP contribution in [0.15, 0.2) is 60.8 Å². The number of nitrogens with zero attached hydrogens (tertiary/aromatic N) is 3. The topological polar surface area (TPSA) is 50.3 Å². The molecule has 27 heavy (non-hydrogen) atoms. The number of hydrogen-bond donors (Lipinski definition) is 1. The highest BCUT2D eigenvalue weighted by atomic mass is 16.5. The minimum Gasteiger partial charge on any atom is -0.496 e. The first kappa shape index (κ1) is 18.3. The molecule has 3 rings (SSSR count). The van der Waals surface area contributed by atoms with Crippen LogP contribution in [0.3, 0.4) is 0 Å². The van der Waals surface area contributed by atoms with E-state index in [4.69, 9.17) is 4.74 Å². The first-order valence-electron chi connectivity index (χ1n) is 8.70. The maximum atomic E-state index is 5.39. The van der Waals surface area contributed by atoms with Gasteiger partial charge in [0.25, 0.3) is 0 Å². The van der Waals surface area contributed by atoms with Gasteiger partial charge in [-0.05, 0) is 31.5 Å². The van der Waals surface area contributed by atoms with Gasteiger partial charge in [-0.2, -0.15) is 4.98 Å². The van der Waals surface area contributed by atoms with E-state index in [0.29, 0.717) is 12.5 Å². The molecule has 5 nitrogen and oxygen atoms in total. The number of ether oxygens (including phenoxy) is 1. The summed E-state index contributed by atoms with van der Waals surface area (Å²) in [7, 11) is 1.67. The van der Waals surface area contributed by atoms with Crippen molar-refractivity contribution >= 4 is 17.5 Å². The molecule has 0 bridgehead atoms. The predicted molar refractivity (Wildman–Crippen MR) is 109 cm³/mol. The van der Waals surface area contributed by atoms with Crippen LogP contribution in [0, 0.1) is 18.9 Å². The monoisotopic (exact) mass is 358 g/mol. The summed E-state index contributed by atoms with van der Waals surface area (Å²) in [6.07, 6.45) is 1.73. The fraction of sp³-hybridized carbons (Fsp3) is 0.182. The number of aromatic nitrogens is 2. The van der Waals surface area contributed by atoms with E-state index in [9.17, 15) is 0 Å². The fourth-order valence-electron chi connectivity index (χ4n) is 2.75. The highest BCUT2D eigenvalue weighted by Crippen LogP contribution is 2.26. The molecule has 1 heterocycles. The molecule has 0 spiro atoms. The summed E-state index contributed by atoms with van der Waals surface area (Å²) < 4.78 is 5.39. The van der Waals surface area contributed by atoms with Crippen LogP contribution >= 0.6 is 0 Å². The van der Waals surface area contributed by atoms with Gasteiger partial charge in [-0.15, -0.1) is 0 Å². The molecule has 5 heteroatoms. The number of aryl methyl sites for hydroxylation is 1. The second kappa shape index (κ2) is 8.72. The second-order valence-corrected chi connectivity index (χ2v) is 5.89. The molecule has 0 amide bonds. The van der Waals surface area contributed by atoms with Gasteiger partial charge >= 0.3 is 0 Å². The van der Waals surface area contributed by atoms with E-state index >= 15 is 0 Å². The van der Waals surface area contributed by atoms with Crippen molar-refractivity contribution in [1.82, 2.24) is 9.97 Å². The molecule has 136 valence electrons. The molecule has 0 unspecified atom stereocenters. The molecule has 0 aliphatic heterocycles. The van der Waals surface area contributed by atoms with Crippen molar-refractivity contribution in [1.29, 1.82) is 0 Å². The zero-order chi connectivity index (χ0) is 19.1. The van der Waals surface area contributed by atoms with Gasteiger partial charge in [-0.1, -0.05) is 42.3 Å². The highest BCUT2D eigenvalue weighted by molar-refractivity contribution is 5.68. The molecule has 0 fully saturated rings. The number of methoxy groups -OCH3 is 1. The Labute approximate surface area is 160 Å². The van der Waals surface area contributed by atoms with E-state index in [0.717, 1.165) is 28.4 Å². The Morgan fingerprint density at radius 2 is 1.85 bits per heavy atom. The molecule has 0 aliphatic rings. The van der Waals surface area contributed by atoms with Gasteiger partial charge in [-0.25, -0.2) is 4.98 Å². The van der Waals surface area contributed by atoms with Crippen LogP contribution in [0.2, 0.25) is 0 Å². The first-order valence-corrected chi connectivity index (χ1v) is 8.70. The average Bonchev–Trinajstić information content (AvgIpc) is 2.71. The van der Waals surface area contributed by atoms with Crippen molar-refractivity contribution in [3.05, 3.63) is 71.9 Å². The van der Waals surface area contributed by atoms with Crippen LogP contribution in [-0.4, -0.2) is 17.1 Å². The molecule has 0 saturated heterocycles. The third kappa shape index (κ3) is 4.36. The molecule has 0 radical (unpaired) electrons. The molecule has 0 atom stereocenters. The number of benzene rings is 2. The zero-order valence-corrected chi connectivity index (χ0v) is 15.7. The third-order valence-corrected chi connectivity index (χ3v) is 4.08. The van der Waals surface area contributed by atoms with E-state index in [1.807, 2.05) is 60.4 Å². The maximum absolute atomic E-state index is 5.39. The zero-order valence-electron chi connectivity index (χ0n) is 15.7. The lowest BCUT2D eigenvalue weighted by Crippen LogP contribution is -2.14. The summed E-state index contributed by atoms with van der Waals surface area (Å²) in [6, 6.07) is 20.9. The van der Waals surface area contributed by atoms with Crippen LogP contribution in [-0.2, 0) is 6.54 Å². The highest BCUT2D eigenvalue weighted by Gasteiger charge is 2.12. The summed E-state index contributed by atoms with van der Waals surface area (Å²) in [6.45, 7) is 4.44. The van der Waals surface area contributed by atoms with E-state index in [-0.39, 0.29) is 0 Å². The first-order chi connectivity index (χ1) is 13.2. The summed E-state index contributed by atoms with van der Waals surface area (Å²) in [5.41, 5.74) is 3.17. The predicted octanol–water partition coefficient (Wildman–Crippen LogP) is 4.52. The Balaban J connectivity index is 1.85. The van der Waals surface area contributed by atoms with Crippen molar-refractivity contribution < 1.29 is 4.74 Å². The summed E-state index contributed by atoms with van der Waals surface area (Å²) in [5.74, 6) is 5.05. The second-order valence-electron chi connectivity index (χ2n) is 5.89. The normalized spacial score (nSPS) is 9.89. The molecule has 3 aromatic rings. The summed E-state index contributed by atoms with van der Waals surface area (Å²) in [4.78, 5) is 10.9. The largest absolute Gasteiger partial charge is 0.496 e. The Morgan fingerprint density at radius 3 is 2.63 bits per heavy atom. The minimum atomic E-state index is 0.537. The molecular weight excluding hydrogens is 336 g/mol. The SMILES string of the molecule is CC#CN(c1ccnc(NCc2ccccc2OC)n1)c1ccccc1C. The van der Waals surface area contributed by atoms with E-state index in [2.05, 4.69) is 40.2 Å². The van der Waals surface area contributed by atoms with E-state index in [1.54, 1.807) is 13.3 Å². The van der Waals surface area contributed by atoms with Crippen molar-refractivity contribution in [3.63, 3.8) is 0 Å². The Morgan fingerprint density at radius 1 is 1.07 bits per heavy atom. The number of nitrogens with one attached hydrogen (secondary N) is 1. The Bertz CT molecular complexity index is 975. The number of hydrogen-bond acceptors (Lipinski definition) is 5. The van der Waals surface area contributed by atoms with Crippen LogP contribution in [0.1, 0.15) is 18.1 Å². The van der Waals surface area contributed by atoms with Crippen LogP contribution < -0.4 is 15.0 Å². The summed E-state index contributed by atoms with van der Waals surface area (Å²) >= 11 is 0. The quantitative estimate of drug-likeness (QED) is 0.518. The Hall–Kier alpha value is -3.52. The lowest BCUT2D eigenvalue weighted by Gasteiger charge is -2.19. The molecule has 1 aromatic heterocycles. The van der Waals surface area contributed by atoms with E-state index < -0.39 is 0 Å². The van der Waals surface area contributed by atoms with Crippen molar-refractivity contribution in [2.45, 2.75) is 20.4 Å². The van der Waals surface area contributed by atoms with Gasteiger partial charge in [-0.3, -0.25) is 4.90 Å². The standard InChI is InChI=1S/C22H22N4O/c1-4-15-26(19-11-7-5-9-17(19)2)21-13-14-23-22(25-21)24-16-18-10-6-8-12-20(18)27-3/h5-14H,16H2,1-3H3,(H,23,24,25).